The van der Waals surface area contributed by atoms with Gasteiger partial charge in [-0.15, -0.1) is 0 Å². The van der Waals surface area contributed by atoms with Crippen LogP contribution in [-0.4, -0.2) is 11.0 Å². The van der Waals surface area contributed by atoms with Crippen molar-refractivity contribution in [3.63, 3.8) is 0 Å². The van der Waals surface area contributed by atoms with Gasteiger partial charge in [0.1, 0.15) is 5.52 Å². The highest BCUT2D eigenvalue weighted by Crippen LogP contribution is 2.29. The van der Waals surface area contributed by atoms with Crippen LogP contribution in [0, 0.1) is 0 Å². The third kappa shape index (κ3) is 3.31. The van der Waals surface area contributed by atoms with Crippen molar-refractivity contribution >= 4 is 50.6 Å². The molecule has 0 saturated carbocycles. The van der Waals surface area contributed by atoms with Crippen LogP contribution in [0.15, 0.2) is 84.9 Å². The number of benzene rings is 4. The van der Waals surface area contributed by atoms with E-state index < -0.39 is 0 Å². The number of rotatable bonds is 3. The summed E-state index contributed by atoms with van der Waals surface area (Å²) in [6, 6.07) is 28.7. The van der Waals surface area contributed by atoms with Crippen LogP contribution in [0.3, 0.4) is 0 Å². The lowest BCUT2D eigenvalue weighted by Crippen LogP contribution is -2.02. The van der Waals surface area contributed by atoms with Gasteiger partial charge in [-0.1, -0.05) is 78.9 Å². The quantitative estimate of drug-likeness (QED) is 0.197. The molecule has 0 radical (unpaired) electrons. The molecule has 144 valence electrons. The fourth-order valence-corrected chi connectivity index (χ4v) is 3.85. The Balaban J connectivity index is 1.58. The second-order valence-corrected chi connectivity index (χ2v) is 7.22. The average molecular weight is 389 g/mol. The normalized spacial score (nSPS) is 11.5. The van der Waals surface area contributed by atoms with E-state index in [0.717, 1.165) is 16.6 Å². The van der Waals surface area contributed by atoms with E-state index in [-0.39, 0.29) is 5.97 Å². The zero-order valence-electron chi connectivity index (χ0n) is 16.5. The Morgan fingerprint density at radius 1 is 0.733 bits per heavy atom. The Bertz CT molecular complexity index is 1450. The van der Waals surface area contributed by atoms with Crippen LogP contribution in [0.5, 0.6) is 5.75 Å². The van der Waals surface area contributed by atoms with E-state index in [2.05, 4.69) is 60.7 Å². The Hall–Kier alpha value is -3.98. The molecule has 0 bridgehead atoms. The summed E-state index contributed by atoms with van der Waals surface area (Å²) in [6.45, 7) is 1.40. The summed E-state index contributed by atoms with van der Waals surface area (Å²) in [5, 5.41) is 5.86. The van der Waals surface area contributed by atoms with Crippen LogP contribution in [0.4, 0.5) is 0 Å². The number of pyridine rings is 1. The van der Waals surface area contributed by atoms with E-state index in [0.29, 0.717) is 11.3 Å². The van der Waals surface area contributed by atoms with Crippen LogP contribution in [0.1, 0.15) is 18.2 Å². The predicted octanol–water partition coefficient (Wildman–Crippen LogP) is 6.64. The fourth-order valence-electron chi connectivity index (χ4n) is 3.85. The maximum Gasteiger partial charge on any atom is 0.308 e. The number of hydrogen-bond donors (Lipinski definition) is 0. The molecule has 1 heterocycles. The molecule has 0 saturated heterocycles. The van der Waals surface area contributed by atoms with Crippen LogP contribution in [-0.2, 0) is 4.79 Å². The molecular weight excluding hydrogens is 370 g/mol. The van der Waals surface area contributed by atoms with Gasteiger partial charge >= 0.3 is 5.97 Å². The summed E-state index contributed by atoms with van der Waals surface area (Å²) < 4.78 is 5.32. The molecular formula is C27H19NO2. The number of ether oxygens (including phenoxy) is 1. The zero-order valence-corrected chi connectivity index (χ0v) is 16.5. The molecule has 0 spiro atoms. The van der Waals surface area contributed by atoms with Gasteiger partial charge < -0.3 is 4.74 Å². The topological polar surface area (TPSA) is 39.2 Å². The molecule has 5 rings (SSSR count). The number of fused-ring (bicyclic) bond motifs is 4. The number of hydrogen-bond acceptors (Lipinski definition) is 3. The minimum Gasteiger partial charge on any atom is -0.424 e. The largest absolute Gasteiger partial charge is 0.424 e. The first-order chi connectivity index (χ1) is 14.7. The smallest absolute Gasteiger partial charge is 0.308 e. The highest BCUT2D eigenvalue weighted by molar-refractivity contribution is 6.10. The highest BCUT2D eigenvalue weighted by Gasteiger charge is 2.07. The molecule has 5 aromatic rings. The summed E-state index contributed by atoms with van der Waals surface area (Å²) >= 11 is 0. The molecule has 0 amide bonds. The molecule has 0 atom stereocenters. The third-order valence-corrected chi connectivity index (χ3v) is 5.21. The molecule has 0 unspecified atom stereocenters. The Morgan fingerprint density at radius 2 is 1.50 bits per heavy atom. The first kappa shape index (κ1) is 18.1. The maximum atomic E-state index is 11.4. The summed E-state index contributed by atoms with van der Waals surface area (Å²) in [4.78, 5) is 16.1. The molecule has 1 aromatic heterocycles. The lowest BCUT2D eigenvalue weighted by atomic mass is 9.98. The number of aromatic nitrogens is 1. The van der Waals surface area contributed by atoms with Crippen molar-refractivity contribution in [1.29, 1.82) is 0 Å². The van der Waals surface area contributed by atoms with Crippen molar-refractivity contribution < 1.29 is 9.53 Å². The van der Waals surface area contributed by atoms with Gasteiger partial charge in [-0.3, -0.25) is 4.79 Å². The lowest BCUT2D eigenvalue weighted by Gasteiger charge is -2.07. The van der Waals surface area contributed by atoms with Gasteiger partial charge in [0.25, 0.3) is 0 Å². The second kappa shape index (κ2) is 7.45. The Kier molecular flexibility index (Phi) is 4.49. The Labute approximate surface area is 174 Å². The number of carbonyl (C=O) groups excluding carboxylic acids is 1. The Morgan fingerprint density at radius 3 is 2.40 bits per heavy atom. The third-order valence-electron chi connectivity index (χ3n) is 5.21. The summed E-state index contributed by atoms with van der Waals surface area (Å²) in [5.41, 5.74) is 2.62. The number of nitrogens with zero attached hydrogens (tertiary/aromatic N) is 1. The molecule has 3 nitrogen and oxygen atoms in total. The summed E-state index contributed by atoms with van der Waals surface area (Å²) in [6.07, 6.45) is 4.08. The van der Waals surface area contributed by atoms with Crippen LogP contribution in [0.2, 0.25) is 0 Å². The van der Waals surface area contributed by atoms with Gasteiger partial charge in [-0.2, -0.15) is 0 Å². The summed E-state index contributed by atoms with van der Waals surface area (Å²) in [5.74, 6) is 0.125. The van der Waals surface area contributed by atoms with E-state index in [9.17, 15) is 4.79 Å². The predicted molar refractivity (Wildman–Crippen MR) is 123 cm³/mol. The van der Waals surface area contributed by atoms with Gasteiger partial charge in [0.2, 0.25) is 0 Å². The molecule has 0 aliphatic carbocycles. The molecule has 3 heteroatoms. The number of para-hydroxylation sites is 1. The monoisotopic (exact) mass is 389 g/mol. The highest BCUT2D eigenvalue weighted by atomic mass is 16.5. The first-order valence-corrected chi connectivity index (χ1v) is 9.86. The lowest BCUT2D eigenvalue weighted by molar-refractivity contribution is -0.131. The fraction of sp³-hybridized carbons (Fsp3) is 0.0370. The van der Waals surface area contributed by atoms with E-state index in [1.165, 1.54) is 28.5 Å². The average Bonchev–Trinajstić information content (AvgIpc) is 2.77. The van der Waals surface area contributed by atoms with E-state index in [1.54, 1.807) is 6.07 Å². The standard InChI is InChI=1S/C27H19NO2/c1-18(29)30-26-11-5-8-21-13-16-22(28-27(21)26)15-12-20-7-4-10-25-23-9-3-2-6-19(23)14-17-24(20)25/h2-17H,1H3. The number of carbonyl (C=O) groups is 1. The molecule has 0 aliphatic rings. The molecule has 30 heavy (non-hydrogen) atoms. The van der Waals surface area contributed by atoms with Crippen molar-refractivity contribution in [3.8, 4) is 5.75 Å². The van der Waals surface area contributed by atoms with E-state index in [1.807, 2.05) is 30.3 Å². The van der Waals surface area contributed by atoms with E-state index in [4.69, 9.17) is 9.72 Å². The second-order valence-electron chi connectivity index (χ2n) is 7.22. The first-order valence-electron chi connectivity index (χ1n) is 9.86. The van der Waals surface area contributed by atoms with Crippen molar-refractivity contribution in [2.75, 3.05) is 0 Å². The van der Waals surface area contributed by atoms with Crippen molar-refractivity contribution in [1.82, 2.24) is 4.98 Å². The van der Waals surface area contributed by atoms with Gasteiger partial charge in [-0.05, 0) is 45.3 Å². The van der Waals surface area contributed by atoms with Crippen LogP contribution < -0.4 is 4.74 Å². The van der Waals surface area contributed by atoms with Gasteiger partial charge in [0.15, 0.2) is 5.75 Å². The van der Waals surface area contributed by atoms with Crippen molar-refractivity contribution in [2.24, 2.45) is 0 Å². The zero-order chi connectivity index (χ0) is 20.5. The van der Waals surface area contributed by atoms with Gasteiger partial charge in [0, 0.05) is 12.3 Å². The molecule has 0 N–H and O–H groups in total. The molecule has 0 fully saturated rings. The van der Waals surface area contributed by atoms with Crippen LogP contribution in [0.25, 0.3) is 44.6 Å². The number of esters is 1. The summed E-state index contributed by atoms with van der Waals surface area (Å²) in [7, 11) is 0. The van der Waals surface area contributed by atoms with Crippen molar-refractivity contribution in [3.05, 3.63) is 96.2 Å². The minimum atomic E-state index is -0.353. The SMILES string of the molecule is CC(=O)Oc1cccc2ccc(C=Cc3cccc4c3ccc3ccccc34)nc12. The maximum absolute atomic E-state index is 11.4. The molecule has 0 aliphatic heterocycles. The van der Waals surface area contributed by atoms with Gasteiger partial charge in [-0.25, -0.2) is 4.98 Å². The van der Waals surface area contributed by atoms with Crippen LogP contribution >= 0.6 is 0 Å². The van der Waals surface area contributed by atoms with Crippen molar-refractivity contribution in [2.45, 2.75) is 6.92 Å². The van der Waals surface area contributed by atoms with Gasteiger partial charge in [0.05, 0.1) is 5.69 Å². The van der Waals surface area contributed by atoms with E-state index >= 15 is 0 Å². The molecule has 4 aromatic carbocycles. The minimum absolute atomic E-state index is 0.353.